The van der Waals surface area contributed by atoms with E-state index in [0.717, 1.165) is 12.1 Å². The van der Waals surface area contributed by atoms with Gasteiger partial charge in [0.25, 0.3) is 0 Å². The van der Waals surface area contributed by atoms with Crippen molar-refractivity contribution in [2.75, 3.05) is 32.1 Å². The van der Waals surface area contributed by atoms with E-state index >= 15 is 0 Å². The third kappa shape index (κ3) is 4.39. The summed E-state index contributed by atoms with van der Waals surface area (Å²) in [4.78, 5) is -1.08. The number of halogens is 2. The number of nitrogen functional groups attached to an aromatic ring is 1. The fourth-order valence-electron chi connectivity index (χ4n) is 1.32. The first kappa shape index (κ1) is 15.8. The van der Waals surface area contributed by atoms with E-state index in [1.54, 1.807) is 0 Å². The van der Waals surface area contributed by atoms with E-state index in [9.17, 15) is 17.2 Å². The minimum atomic E-state index is -4.32. The van der Waals surface area contributed by atoms with Crippen molar-refractivity contribution in [1.29, 1.82) is 0 Å². The molecule has 0 aliphatic carbocycles. The highest BCUT2D eigenvalue weighted by Gasteiger charge is 2.24. The second-order valence-electron chi connectivity index (χ2n) is 3.55. The number of benzene rings is 1. The van der Waals surface area contributed by atoms with Crippen LogP contribution in [0.3, 0.4) is 0 Å². The van der Waals surface area contributed by atoms with Crippen LogP contribution < -0.4 is 10.5 Å². The SMILES string of the molecule is Nc1cc(F)c(S(=O)(=O)NCCOCCO)c(F)c1. The van der Waals surface area contributed by atoms with E-state index < -0.39 is 26.6 Å². The number of aliphatic hydroxyl groups is 1. The van der Waals surface area contributed by atoms with Gasteiger partial charge in [-0.25, -0.2) is 21.9 Å². The van der Waals surface area contributed by atoms with Crippen LogP contribution in [0.15, 0.2) is 17.0 Å². The van der Waals surface area contributed by atoms with Crippen molar-refractivity contribution in [2.45, 2.75) is 4.90 Å². The molecule has 1 rings (SSSR count). The van der Waals surface area contributed by atoms with Gasteiger partial charge in [0.1, 0.15) is 11.6 Å². The molecule has 6 nitrogen and oxygen atoms in total. The predicted octanol–water partition coefficient (Wildman–Crippen LogP) is -0.166. The minimum Gasteiger partial charge on any atom is -0.399 e. The predicted molar refractivity (Wildman–Crippen MR) is 63.9 cm³/mol. The molecular formula is C10H14F2N2O4S. The first-order chi connectivity index (χ1) is 8.88. The van der Waals surface area contributed by atoms with Crippen molar-refractivity contribution in [1.82, 2.24) is 4.72 Å². The Bertz CT molecular complexity index is 513. The molecule has 1 aromatic carbocycles. The van der Waals surface area contributed by atoms with Gasteiger partial charge in [0, 0.05) is 12.2 Å². The number of aliphatic hydroxyl groups excluding tert-OH is 1. The van der Waals surface area contributed by atoms with Crippen LogP contribution in [0.4, 0.5) is 14.5 Å². The maximum Gasteiger partial charge on any atom is 0.246 e. The zero-order chi connectivity index (χ0) is 14.5. The van der Waals surface area contributed by atoms with E-state index in [4.69, 9.17) is 15.6 Å². The van der Waals surface area contributed by atoms with E-state index in [-0.39, 0.29) is 32.1 Å². The Labute approximate surface area is 109 Å². The molecule has 0 saturated carbocycles. The molecule has 1 aromatic rings. The molecular weight excluding hydrogens is 282 g/mol. The molecule has 0 unspecified atom stereocenters. The third-order valence-electron chi connectivity index (χ3n) is 2.06. The summed E-state index contributed by atoms with van der Waals surface area (Å²) in [6, 6.07) is 1.44. The molecule has 0 radical (unpaired) electrons. The van der Waals surface area contributed by atoms with Crippen LogP contribution in [0.2, 0.25) is 0 Å². The summed E-state index contributed by atoms with van der Waals surface area (Å²) in [5.74, 6) is -2.53. The first-order valence-electron chi connectivity index (χ1n) is 5.31. The number of anilines is 1. The lowest BCUT2D eigenvalue weighted by Gasteiger charge is -2.09. The number of rotatable bonds is 7. The average Bonchev–Trinajstić information content (AvgIpc) is 2.26. The zero-order valence-electron chi connectivity index (χ0n) is 9.90. The number of hydrogen-bond donors (Lipinski definition) is 3. The first-order valence-corrected chi connectivity index (χ1v) is 6.79. The molecule has 0 atom stereocenters. The van der Waals surface area contributed by atoms with Crippen LogP contribution >= 0.6 is 0 Å². The summed E-state index contributed by atoms with van der Waals surface area (Å²) in [6.45, 7) is -0.357. The molecule has 0 amide bonds. The summed E-state index contributed by atoms with van der Waals surface area (Å²) in [5.41, 5.74) is 4.98. The standard InChI is InChI=1S/C10H14F2N2O4S/c11-8-5-7(13)6-9(12)10(8)19(16,17)14-1-3-18-4-2-15/h5-6,14-15H,1-4,13H2. The molecule has 0 saturated heterocycles. The second-order valence-corrected chi connectivity index (χ2v) is 5.25. The molecule has 9 heteroatoms. The molecule has 0 heterocycles. The lowest BCUT2D eigenvalue weighted by molar-refractivity contribution is 0.0961. The Balaban J connectivity index is 2.78. The monoisotopic (exact) mass is 296 g/mol. The number of hydrogen-bond acceptors (Lipinski definition) is 5. The van der Waals surface area contributed by atoms with Crippen molar-refractivity contribution in [2.24, 2.45) is 0 Å². The summed E-state index contributed by atoms with van der Waals surface area (Å²) >= 11 is 0. The van der Waals surface area contributed by atoms with E-state index in [0.29, 0.717) is 0 Å². The third-order valence-corrected chi connectivity index (χ3v) is 3.58. The van der Waals surface area contributed by atoms with Crippen molar-refractivity contribution in [3.63, 3.8) is 0 Å². The van der Waals surface area contributed by atoms with Crippen molar-refractivity contribution in [3.05, 3.63) is 23.8 Å². The molecule has 0 spiro atoms. The summed E-state index contributed by atoms with van der Waals surface area (Å²) in [7, 11) is -4.32. The van der Waals surface area contributed by atoms with Crippen molar-refractivity contribution >= 4 is 15.7 Å². The molecule has 19 heavy (non-hydrogen) atoms. The summed E-state index contributed by atoms with van der Waals surface area (Å²) < 4.78 is 57.0. The second kappa shape index (κ2) is 6.75. The van der Waals surface area contributed by atoms with Gasteiger partial charge in [0.15, 0.2) is 4.90 Å². The van der Waals surface area contributed by atoms with Gasteiger partial charge in [-0.3, -0.25) is 0 Å². The highest BCUT2D eigenvalue weighted by atomic mass is 32.2. The van der Waals surface area contributed by atoms with Gasteiger partial charge in [-0.2, -0.15) is 0 Å². The smallest absolute Gasteiger partial charge is 0.246 e. The normalized spacial score (nSPS) is 11.7. The van der Waals surface area contributed by atoms with E-state index in [2.05, 4.69) is 0 Å². The molecule has 0 aliphatic rings. The van der Waals surface area contributed by atoms with Crippen LogP contribution in [0.5, 0.6) is 0 Å². The van der Waals surface area contributed by atoms with Crippen LogP contribution in [0, 0.1) is 11.6 Å². The number of nitrogens with one attached hydrogen (secondary N) is 1. The fourth-order valence-corrected chi connectivity index (χ4v) is 2.45. The topological polar surface area (TPSA) is 102 Å². The zero-order valence-corrected chi connectivity index (χ0v) is 10.7. The molecule has 4 N–H and O–H groups in total. The maximum absolute atomic E-state index is 13.4. The fraction of sp³-hybridized carbons (Fsp3) is 0.400. The molecule has 0 fully saturated rings. The molecule has 0 aliphatic heterocycles. The number of ether oxygens (including phenoxy) is 1. The van der Waals surface area contributed by atoms with Gasteiger partial charge in [0.05, 0.1) is 19.8 Å². The van der Waals surface area contributed by atoms with E-state index in [1.807, 2.05) is 4.72 Å². The average molecular weight is 296 g/mol. The minimum absolute atomic E-state index is 0.0298. The Kier molecular flexibility index (Phi) is 5.60. The number of sulfonamides is 1. The van der Waals surface area contributed by atoms with Crippen molar-refractivity contribution in [3.8, 4) is 0 Å². The van der Waals surface area contributed by atoms with Crippen LogP contribution in [0.25, 0.3) is 0 Å². The number of nitrogens with two attached hydrogens (primary N) is 1. The molecule has 0 aromatic heterocycles. The molecule has 0 bridgehead atoms. The Hall–Kier alpha value is -1.29. The van der Waals surface area contributed by atoms with Gasteiger partial charge >= 0.3 is 0 Å². The molecule has 108 valence electrons. The lowest BCUT2D eigenvalue weighted by atomic mass is 10.3. The van der Waals surface area contributed by atoms with Crippen LogP contribution in [-0.4, -0.2) is 39.9 Å². The lowest BCUT2D eigenvalue weighted by Crippen LogP contribution is -2.29. The maximum atomic E-state index is 13.4. The van der Waals surface area contributed by atoms with Crippen LogP contribution in [-0.2, 0) is 14.8 Å². The largest absolute Gasteiger partial charge is 0.399 e. The Morgan fingerprint density at radius 3 is 2.37 bits per heavy atom. The summed E-state index contributed by atoms with van der Waals surface area (Å²) in [5, 5.41) is 8.43. The van der Waals surface area contributed by atoms with Gasteiger partial charge in [-0.1, -0.05) is 0 Å². The van der Waals surface area contributed by atoms with Gasteiger partial charge in [-0.15, -0.1) is 0 Å². The van der Waals surface area contributed by atoms with Crippen molar-refractivity contribution < 1.29 is 27.0 Å². The Morgan fingerprint density at radius 2 is 1.84 bits per heavy atom. The van der Waals surface area contributed by atoms with Crippen LogP contribution in [0.1, 0.15) is 0 Å². The highest BCUT2D eigenvalue weighted by molar-refractivity contribution is 7.89. The highest BCUT2D eigenvalue weighted by Crippen LogP contribution is 2.21. The quantitative estimate of drug-likeness (QED) is 0.479. The van der Waals surface area contributed by atoms with E-state index in [1.165, 1.54) is 0 Å². The van der Waals surface area contributed by atoms with Gasteiger partial charge in [0.2, 0.25) is 10.0 Å². The summed E-state index contributed by atoms with van der Waals surface area (Å²) in [6.07, 6.45) is 0. The van der Waals surface area contributed by atoms with Gasteiger partial charge in [-0.05, 0) is 12.1 Å². The Morgan fingerprint density at radius 1 is 1.26 bits per heavy atom. The van der Waals surface area contributed by atoms with Gasteiger partial charge < -0.3 is 15.6 Å².